The van der Waals surface area contributed by atoms with Crippen molar-refractivity contribution in [2.24, 2.45) is 5.10 Å². The fourth-order valence-corrected chi connectivity index (χ4v) is 3.47. The second-order valence-corrected chi connectivity index (χ2v) is 6.93. The number of nitrogens with one attached hydrogen (secondary N) is 1. The minimum atomic E-state index is -0.306. The Balaban J connectivity index is 1.55. The molecule has 0 spiro atoms. The Morgan fingerprint density at radius 1 is 1.33 bits per heavy atom. The van der Waals surface area contributed by atoms with Crippen molar-refractivity contribution in [1.29, 1.82) is 0 Å². The van der Waals surface area contributed by atoms with Crippen molar-refractivity contribution in [2.45, 2.75) is 27.2 Å². The zero-order chi connectivity index (χ0) is 19.2. The molecule has 0 atom stereocenters. The molecule has 0 saturated carbocycles. The fourth-order valence-electron chi connectivity index (χ4n) is 2.72. The third kappa shape index (κ3) is 4.62. The van der Waals surface area contributed by atoms with Gasteiger partial charge in [0.15, 0.2) is 11.7 Å². The van der Waals surface area contributed by atoms with Crippen LogP contribution in [0.5, 0.6) is 5.75 Å². The number of carbonyl (C=O) groups is 1. The van der Waals surface area contributed by atoms with Crippen LogP contribution < -0.4 is 10.2 Å². The lowest BCUT2D eigenvalue weighted by Gasteiger charge is -2.06. The smallest absolute Gasteiger partial charge is 0.277 e. The van der Waals surface area contributed by atoms with E-state index in [9.17, 15) is 4.79 Å². The van der Waals surface area contributed by atoms with Crippen molar-refractivity contribution in [3.8, 4) is 10.9 Å². The van der Waals surface area contributed by atoms with Crippen molar-refractivity contribution < 1.29 is 9.53 Å². The maximum Gasteiger partial charge on any atom is 0.277 e. The Kier molecular flexibility index (Phi) is 6.03. The van der Waals surface area contributed by atoms with Crippen LogP contribution in [0.15, 0.2) is 47.0 Å². The minimum absolute atomic E-state index is 0.0824. The first-order valence-electron chi connectivity index (χ1n) is 8.71. The van der Waals surface area contributed by atoms with Crippen LogP contribution in [-0.4, -0.2) is 28.3 Å². The molecule has 3 aromatic rings. The van der Waals surface area contributed by atoms with Gasteiger partial charge in [0.05, 0.1) is 6.21 Å². The predicted octanol–water partition coefficient (Wildman–Crippen LogP) is 3.64. The van der Waals surface area contributed by atoms with Crippen molar-refractivity contribution in [3.63, 3.8) is 0 Å². The Morgan fingerprint density at radius 3 is 2.78 bits per heavy atom. The van der Waals surface area contributed by atoms with Gasteiger partial charge in [0.25, 0.3) is 5.91 Å². The molecule has 2 aromatic heterocycles. The molecule has 0 saturated heterocycles. The number of amides is 1. The van der Waals surface area contributed by atoms with Crippen molar-refractivity contribution in [3.05, 3.63) is 64.4 Å². The van der Waals surface area contributed by atoms with Crippen molar-refractivity contribution in [1.82, 2.24) is 15.0 Å². The minimum Gasteiger partial charge on any atom is -0.484 e. The summed E-state index contributed by atoms with van der Waals surface area (Å²) in [5.41, 5.74) is 6.74. The summed E-state index contributed by atoms with van der Waals surface area (Å²) in [7, 11) is 0. The summed E-state index contributed by atoms with van der Waals surface area (Å²) >= 11 is 1.57. The summed E-state index contributed by atoms with van der Waals surface area (Å²) in [6.45, 7) is 6.03. The molecular formula is C20H22N4O2S. The maximum atomic E-state index is 11.9. The molecular weight excluding hydrogens is 360 g/mol. The van der Waals surface area contributed by atoms with Gasteiger partial charge in [0, 0.05) is 28.5 Å². The SMILES string of the molecule is CCc1ccc(OCC(=O)N/N=C\c2cc(C)n(-c3nccs3)c2C)cc1. The fraction of sp³-hybridized carbons (Fsp3) is 0.250. The number of aromatic nitrogens is 2. The van der Waals surface area contributed by atoms with Crippen molar-refractivity contribution >= 4 is 23.5 Å². The number of hydrogen-bond acceptors (Lipinski definition) is 5. The predicted molar refractivity (Wildman–Crippen MR) is 108 cm³/mol. The lowest BCUT2D eigenvalue weighted by atomic mass is 10.2. The largest absolute Gasteiger partial charge is 0.484 e. The van der Waals surface area contributed by atoms with Crippen LogP contribution in [-0.2, 0) is 11.2 Å². The molecule has 3 rings (SSSR count). The lowest BCUT2D eigenvalue weighted by Crippen LogP contribution is -2.24. The number of aryl methyl sites for hydroxylation is 2. The Bertz CT molecular complexity index is 928. The van der Waals surface area contributed by atoms with Crippen LogP contribution in [0.25, 0.3) is 5.13 Å². The monoisotopic (exact) mass is 382 g/mol. The van der Waals surface area contributed by atoms with Gasteiger partial charge in [-0.15, -0.1) is 11.3 Å². The Labute approximate surface area is 162 Å². The molecule has 7 heteroatoms. The second-order valence-electron chi connectivity index (χ2n) is 6.06. The Hall–Kier alpha value is -2.93. The lowest BCUT2D eigenvalue weighted by molar-refractivity contribution is -0.123. The molecule has 0 unspecified atom stereocenters. The van der Waals surface area contributed by atoms with Gasteiger partial charge in [-0.25, -0.2) is 10.4 Å². The molecule has 27 heavy (non-hydrogen) atoms. The number of rotatable bonds is 7. The van der Waals surface area contributed by atoms with E-state index in [1.165, 1.54) is 5.56 Å². The molecule has 1 aromatic carbocycles. The molecule has 2 heterocycles. The first-order chi connectivity index (χ1) is 13.1. The van der Waals surface area contributed by atoms with Gasteiger partial charge in [-0.3, -0.25) is 9.36 Å². The van der Waals surface area contributed by atoms with Gasteiger partial charge in [0.1, 0.15) is 5.75 Å². The summed E-state index contributed by atoms with van der Waals surface area (Å²) in [6.07, 6.45) is 4.39. The van der Waals surface area contributed by atoms with E-state index in [2.05, 4.69) is 27.0 Å². The topological polar surface area (TPSA) is 68.5 Å². The summed E-state index contributed by atoms with van der Waals surface area (Å²) in [5, 5.41) is 6.90. The summed E-state index contributed by atoms with van der Waals surface area (Å²) in [6, 6.07) is 9.72. The highest BCUT2D eigenvalue weighted by atomic mass is 32.1. The normalized spacial score (nSPS) is 11.1. The van der Waals surface area contributed by atoms with Gasteiger partial charge in [0.2, 0.25) is 0 Å². The molecule has 0 radical (unpaired) electrons. The first kappa shape index (κ1) is 18.8. The van der Waals surface area contributed by atoms with E-state index in [1.54, 1.807) is 23.7 Å². The summed E-state index contributed by atoms with van der Waals surface area (Å²) in [4.78, 5) is 16.3. The van der Waals surface area contributed by atoms with Crippen LogP contribution >= 0.6 is 11.3 Å². The van der Waals surface area contributed by atoms with Gasteiger partial charge < -0.3 is 4.74 Å². The molecule has 1 amide bonds. The third-order valence-electron chi connectivity index (χ3n) is 4.18. The number of nitrogens with zero attached hydrogens (tertiary/aromatic N) is 3. The number of thiazole rings is 1. The van der Waals surface area contributed by atoms with E-state index in [1.807, 2.05) is 49.6 Å². The van der Waals surface area contributed by atoms with Crippen LogP contribution in [0.3, 0.4) is 0 Å². The van der Waals surface area contributed by atoms with Crippen LogP contribution in [0, 0.1) is 13.8 Å². The van der Waals surface area contributed by atoms with E-state index >= 15 is 0 Å². The third-order valence-corrected chi connectivity index (χ3v) is 4.93. The summed E-state index contributed by atoms with van der Waals surface area (Å²) in [5.74, 6) is 0.359. The highest BCUT2D eigenvalue weighted by Gasteiger charge is 2.11. The number of hydrazone groups is 1. The van der Waals surface area contributed by atoms with Gasteiger partial charge in [-0.2, -0.15) is 5.10 Å². The highest BCUT2D eigenvalue weighted by Crippen LogP contribution is 2.21. The zero-order valence-electron chi connectivity index (χ0n) is 15.6. The molecule has 1 N–H and O–H groups in total. The highest BCUT2D eigenvalue weighted by molar-refractivity contribution is 7.12. The number of carbonyl (C=O) groups excluding carboxylic acids is 1. The maximum absolute atomic E-state index is 11.9. The molecule has 0 aliphatic carbocycles. The van der Waals surface area contributed by atoms with Gasteiger partial charge in [-0.05, 0) is 44.0 Å². The Morgan fingerprint density at radius 2 is 2.11 bits per heavy atom. The van der Waals surface area contributed by atoms with E-state index in [0.29, 0.717) is 5.75 Å². The standard InChI is InChI=1S/C20H22N4O2S/c1-4-16-5-7-18(8-6-16)26-13-19(25)23-22-12-17-11-14(2)24(15(17)3)20-21-9-10-27-20/h5-12H,4,13H2,1-3H3,(H,23,25)/b22-12-. The van der Waals surface area contributed by atoms with E-state index in [-0.39, 0.29) is 12.5 Å². The average molecular weight is 382 g/mol. The quantitative estimate of drug-likeness (QED) is 0.501. The second kappa shape index (κ2) is 8.64. The zero-order valence-corrected chi connectivity index (χ0v) is 16.4. The molecule has 0 aliphatic rings. The first-order valence-corrected chi connectivity index (χ1v) is 9.59. The number of hydrogen-bond donors (Lipinski definition) is 1. The van der Waals surface area contributed by atoms with Crippen LogP contribution in [0.4, 0.5) is 0 Å². The summed E-state index contributed by atoms with van der Waals surface area (Å²) < 4.78 is 7.54. The molecule has 0 bridgehead atoms. The van der Waals surface area contributed by atoms with Crippen molar-refractivity contribution in [2.75, 3.05) is 6.61 Å². The average Bonchev–Trinajstić information content (AvgIpc) is 3.28. The van der Waals surface area contributed by atoms with E-state index < -0.39 is 0 Å². The molecule has 6 nitrogen and oxygen atoms in total. The van der Waals surface area contributed by atoms with Crippen LogP contribution in [0.2, 0.25) is 0 Å². The van der Waals surface area contributed by atoms with Gasteiger partial charge >= 0.3 is 0 Å². The molecule has 0 aliphatic heterocycles. The van der Waals surface area contributed by atoms with Gasteiger partial charge in [-0.1, -0.05) is 19.1 Å². The molecule has 140 valence electrons. The number of benzene rings is 1. The van der Waals surface area contributed by atoms with E-state index in [4.69, 9.17) is 4.74 Å². The van der Waals surface area contributed by atoms with Crippen LogP contribution in [0.1, 0.15) is 29.4 Å². The number of ether oxygens (including phenoxy) is 1. The van der Waals surface area contributed by atoms with E-state index in [0.717, 1.165) is 28.5 Å². The molecule has 0 fully saturated rings.